The third-order valence-corrected chi connectivity index (χ3v) is 4.22. The SMILES string of the molecule is Cc1cc(C)cc(C(=O)O[C@H](Cc2ccc3ccccc3c2)C(=O)O)c1. The molecule has 1 atom stereocenters. The van der Waals surface area contributed by atoms with Gasteiger partial charge in [-0.25, -0.2) is 9.59 Å². The molecule has 0 unspecified atom stereocenters. The second kappa shape index (κ2) is 7.40. The van der Waals surface area contributed by atoms with Crippen molar-refractivity contribution in [2.45, 2.75) is 26.4 Å². The van der Waals surface area contributed by atoms with E-state index in [-0.39, 0.29) is 6.42 Å². The number of carbonyl (C=O) groups is 2. The fraction of sp³-hybridized carbons (Fsp3) is 0.182. The monoisotopic (exact) mass is 348 g/mol. The number of hydrogen-bond acceptors (Lipinski definition) is 3. The van der Waals surface area contributed by atoms with Gasteiger partial charge in [-0.1, -0.05) is 59.7 Å². The van der Waals surface area contributed by atoms with Gasteiger partial charge in [0, 0.05) is 6.42 Å². The molecule has 132 valence electrons. The zero-order valence-electron chi connectivity index (χ0n) is 14.7. The second-order valence-electron chi connectivity index (χ2n) is 6.49. The first-order valence-corrected chi connectivity index (χ1v) is 8.42. The molecule has 0 radical (unpaired) electrons. The summed E-state index contributed by atoms with van der Waals surface area (Å²) in [5, 5.41) is 11.6. The van der Waals surface area contributed by atoms with Crippen LogP contribution in [0.5, 0.6) is 0 Å². The van der Waals surface area contributed by atoms with Gasteiger partial charge in [-0.15, -0.1) is 0 Å². The first kappa shape index (κ1) is 17.7. The predicted molar refractivity (Wildman–Crippen MR) is 100 cm³/mol. The van der Waals surface area contributed by atoms with E-state index < -0.39 is 18.0 Å². The third kappa shape index (κ3) is 4.09. The van der Waals surface area contributed by atoms with Crippen molar-refractivity contribution in [2.24, 2.45) is 0 Å². The Balaban J connectivity index is 1.80. The number of carboxylic acids is 1. The van der Waals surface area contributed by atoms with Gasteiger partial charge in [0.05, 0.1) is 5.56 Å². The molecule has 0 aromatic heterocycles. The summed E-state index contributed by atoms with van der Waals surface area (Å²) in [4.78, 5) is 24.0. The Morgan fingerprint density at radius 1 is 0.923 bits per heavy atom. The predicted octanol–water partition coefficient (Wildman–Crippen LogP) is 4.31. The van der Waals surface area contributed by atoms with E-state index in [0.717, 1.165) is 27.5 Å². The zero-order chi connectivity index (χ0) is 18.7. The van der Waals surface area contributed by atoms with Gasteiger partial charge < -0.3 is 9.84 Å². The van der Waals surface area contributed by atoms with Crippen LogP contribution in [0, 0.1) is 13.8 Å². The van der Waals surface area contributed by atoms with E-state index in [2.05, 4.69) is 0 Å². The standard InChI is InChI=1S/C22H20O4/c1-14-9-15(2)11-19(10-14)22(25)26-20(21(23)24)13-16-7-8-17-5-3-4-6-18(17)12-16/h3-12,20H,13H2,1-2H3,(H,23,24)/t20-/m1/s1. The lowest BCUT2D eigenvalue weighted by atomic mass is 10.0. The highest BCUT2D eigenvalue weighted by atomic mass is 16.6. The average Bonchev–Trinajstić information content (AvgIpc) is 2.60. The highest BCUT2D eigenvalue weighted by molar-refractivity contribution is 5.91. The van der Waals surface area contributed by atoms with Crippen LogP contribution in [-0.2, 0) is 16.0 Å². The molecular weight excluding hydrogens is 328 g/mol. The van der Waals surface area contributed by atoms with Crippen LogP contribution >= 0.6 is 0 Å². The van der Waals surface area contributed by atoms with Crippen LogP contribution in [0.2, 0.25) is 0 Å². The Hall–Kier alpha value is -3.14. The van der Waals surface area contributed by atoms with Crippen molar-refractivity contribution >= 4 is 22.7 Å². The molecule has 0 aliphatic carbocycles. The summed E-state index contributed by atoms with van der Waals surface area (Å²) in [6.45, 7) is 3.76. The lowest BCUT2D eigenvalue weighted by molar-refractivity contribution is -0.147. The summed E-state index contributed by atoms with van der Waals surface area (Å²) in [6.07, 6.45) is -1.11. The molecule has 0 fully saturated rings. The van der Waals surface area contributed by atoms with Crippen molar-refractivity contribution in [1.29, 1.82) is 0 Å². The highest BCUT2D eigenvalue weighted by Gasteiger charge is 2.24. The maximum Gasteiger partial charge on any atom is 0.345 e. The minimum absolute atomic E-state index is 0.122. The van der Waals surface area contributed by atoms with Gasteiger partial charge in [0.2, 0.25) is 6.10 Å². The number of carbonyl (C=O) groups excluding carboxylic acids is 1. The van der Waals surface area contributed by atoms with Crippen molar-refractivity contribution in [3.05, 3.63) is 82.9 Å². The highest BCUT2D eigenvalue weighted by Crippen LogP contribution is 2.18. The number of fused-ring (bicyclic) bond motifs is 1. The second-order valence-corrected chi connectivity index (χ2v) is 6.49. The van der Waals surface area contributed by atoms with E-state index in [4.69, 9.17) is 4.74 Å². The fourth-order valence-corrected chi connectivity index (χ4v) is 3.05. The van der Waals surface area contributed by atoms with E-state index in [1.807, 2.05) is 62.4 Å². The number of ether oxygens (including phenoxy) is 1. The van der Waals surface area contributed by atoms with Gasteiger partial charge in [0.15, 0.2) is 0 Å². The Morgan fingerprint density at radius 3 is 2.23 bits per heavy atom. The van der Waals surface area contributed by atoms with Crippen LogP contribution in [0.15, 0.2) is 60.7 Å². The molecule has 3 aromatic carbocycles. The molecule has 0 aliphatic heterocycles. The summed E-state index contributed by atoms with van der Waals surface area (Å²) in [5.74, 6) is -1.78. The molecular formula is C22H20O4. The largest absolute Gasteiger partial charge is 0.478 e. The number of hydrogen-bond donors (Lipinski definition) is 1. The third-order valence-electron chi connectivity index (χ3n) is 4.22. The lowest BCUT2D eigenvalue weighted by Crippen LogP contribution is -2.29. The van der Waals surface area contributed by atoms with Gasteiger partial charge in [-0.3, -0.25) is 0 Å². The number of aryl methyl sites for hydroxylation is 2. The van der Waals surface area contributed by atoms with Crippen molar-refractivity contribution in [3.8, 4) is 0 Å². The smallest absolute Gasteiger partial charge is 0.345 e. The van der Waals surface area contributed by atoms with Gasteiger partial charge in [-0.2, -0.15) is 0 Å². The number of carboxylic acid groups (broad SMARTS) is 1. The summed E-state index contributed by atoms with van der Waals surface area (Å²) in [5.41, 5.74) is 3.04. The van der Waals surface area contributed by atoms with Crippen LogP contribution in [0.3, 0.4) is 0 Å². The normalized spacial score (nSPS) is 11.9. The number of aliphatic carboxylic acids is 1. The number of esters is 1. The molecule has 3 rings (SSSR count). The molecule has 3 aromatic rings. The molecule has 0 aliphatic rings. The number of benzene rings is 3. The van der Waals surface area contributed by atoms with E-state index >= 15 is 0 Å². The molecule has 0 bridgehead atoms. The summed E-state index contributed by atoms with van der Waals surface area (Å²) in [6, 6.07) is 18.9. The Morgan fingerprint density at radius 2 is 1.58 bits per heavy atom. The van der Waals surface area contributed by atoms with Crippen LogP contribution in [0.4, 0.5) is 0 Å². The molecule has 0 saturated carbocycles. The Kier molecular flexibility index (Phi) is 5.03. The van der Waals surface area contributed by atoms with E-state index in [1.165, 1.54) is 0 Å². The zero-order valence-corrected chi connectivity index (χ0v) is 14.7. The van der Waals surface area contributed by atoms with Crippen LogP contribution in [0.1, 0.15) is 27.0 Å². The van der Waals surface area contributed by atoms with Crippen molar-refractivity contribution in [2.75, 3.05) is 0 Å². The topological polar surface area (TPSA) is 63.6 Å². The first-order valence-electron chi connectivity index (χ1n) is 8.42. The van der Waals surface area contributed by atoms with E-state index in [9.17, 15) is 14.7 Å². The average molecular weight is 348 g/mol. The van der Waals surface area contributed by atoms with Crippen molar-refractivity contribution in [3.63, 3.8) is 0 Å². The minimum atomic E-state index is -1.23. The molecule has 0 spiro atoms. The quantitative estimate of drug-likeness (QED) is 0.698. The fourth-order valence-electron chi connectivity index (χ4n) is 3.05. The minimum Gasteiger partial charge on any atom is -0.478 e. The summed E-state index contributed by atoms with van der Waals surface area (Å²) >= 11 is 0. The molecule has 4 heteroatoms. The van der Waals surface area contributed by atoms with Crippen LogP contribution < -0.4 is 0 Å². The van der Waals surface area contributed by atoms with Gasteiger partial charge in [0.25, 0.3) is 0 Å². The van der Waals surface area contributed by atoms with Gasteiger partial charge in [-0.05, 0) is 42.3 Å². The molecule has 0 amide bonds. The first-order chi connectivity index (χ1) is 12.4. The lowest BCUT2D eigenvalue weighted by Gasteiger charge is -2.15. The molecule has 0 saturated heterocycles. The van der Waals surface area contributed by atoms with Gasteiger partial charge in [0.1, 0.15) is 0 Å². The van der Waals surface area contributed by atoms with Gasteiger partial charge >= 0.3 is 11.9 Å². The van der Waals surface area contributed by atoms with Crippen molar-refractivity contribution < 1.29 is 19.4 Å². The number of rotatable bonds is 5. The van der Waals surface area contributed by atoms with Crippen LogP contribution in [-0.4, -0.2) is 23.1 Å². The van der Waals surface area contributed by atoms with Crippen LogP contribution in [0.25, 0.3) is 10.8 Å². The maximum absolute atomic E-state index is 12.4. The molecule has 4 nitrogen and oxygen atoms in total. The van der Waals surface area contributed by atoms with E-state index in [0.29, 0.717) is 5.56 Å². The Bertz CT molecular complexity index is 955. The van der Waals surface area contributed by atoms with Crippen molar-refractivity contribution in [1.82, 2.24) is 0 Å². The Labute approximate surface area is 152 Å². The molecule has 1 N–H and O–H groups in total. The van der Waals surface area contributed by atoms with E-state index in [1.54, 1.807) is 12.1 Å². The molecule has 0 heterocycles. The summed E-state index contributed by atoms with van der Waals surface area (Å²) < 4.78 is 5.29. The maximum atomic E-state index is 12.4. The molecule has 26 heavy (non-hydrogen) atoms. The summed E-state index contributed by atoms with van der Waals surface area (Å²) in [7, 11) is 0.